The number of hydrogen-bond donors (Lipinski definition) is 1. The molecule has 0 aliphatic heterocycles. The number of amides is 1. The molecule has 0 saturated carbocycles. The Morgan fingerprint density at radius 1 is 1.25 bits per heavy atom. The predicted octanol–water partition coefficient (Wildman–Crippen LogP) is 4.94. The molecule has 2 aromatic heterocycles. The van der Waals surface area contributed by atoms with E-state index < -0.39 is 0 Å². The number of halogens is 1. The van der Waals surface area contributed by atoms with Crippen LogP contribution in [0, 0.1) is 27.7 Å². The predicted molar refractivity (Wildman–Crippen MR) is 96.0 cm³/mol. The molecule has 0 fully saturated rings. The Kier molecular flexibility index (Phi) is 4.43. The van der Waals surface area contributed by atoms with Crippen LogP contribution in [0.15, 0.2) is 22.7 Å². The molecule has 5 nitrogen and oxygen atoms in total. The van der Waals surface area contributed by atoms with Crippen molar-refractivity contribution in [2.24, 2.45) is 0 Å². The molecule has 0 aliphatic rings. The van der Waals surface area contributed by atoms with Gasteiger partial charge in [0.25, 0.3) is 5.91 Å². The number of anilines is 1. The smallest absolute Gasteiger partial charge is 0.262 e. The maximum atomic E-state index is 12.4. The minimum Gasteiger partial charge on any atom is -0.361 e. The quantitative estimate of drug-likeness (QED) is 0.717. The summed E-state index contributed by atoms with van der Waals surface area (Å²) in [5.74, 6) is 0.220. The molecule has 2 heterocycles. The van der Waals surface area contributed by atoms with Crippen molar-refractivity contribution in [2.45, 2.75) is 27.7 Å². The van der Waals surface area contributed by atoms with Crippen molar-refractivity contribution in [1.29, 1.82) is 0 Å². The summed E-state index contributed by atoms with van der Waals surface area (Å²) in [4.78, 5) is 17.9. The van der Waals surface area contributed by atoms with Crippen LogP contribution in [0.1, 0.15) is 32.3 Å². The molecular weight excluding hydrogens is 346 g/mol. The van der Waals surface area contributed by atoms with Crippen LogP contribution >= 0.6 is 22.9 Å². The molecule has 0 saturated heterocycles. The first kappa shape index (κ1) is 16.7. The highest BCUT2D eigenvalue weighted by atomic mass is 35.5. The molecular formula is C17H16ClN3O2S. The van der Waals surface area contributed by atoms with Gasteiger partial charge >= 0.3 is 0 Å². The third-order valence-electron chi connectivity index (χ3n) is 3.72. The monoisotopic (exact) mass is 361 g/mol. The lowest BCUT2D eigenvalue weighted by atomic mass is 10.1. The summed E-state index contributed by atoms with van der Waals surface area (Å²) >= 11 is 7.62. The number of nitrogens with zero attached hydrogens (tertiary/aromatic N) is 2. The highest BCUT2D eigenvalue weighted by molar-refractivity contribution is 7.16. The van der Waals surface area contributed by atoms with Gasteiger partial charge in [0.15, 0.2) is 5.13 Å². The van der Waals surface area contributed by atoms with Crippen LogP contribution in [0.4, 0.5) is 5.13 Å². The van der Waals surface area contributed by atoms with Crippen LogP contribution in [0.2, 0.25) is 5.02 Å². The van der Waals surface area contributed by atoms with E-state index in [1.54, 1.807) is 13.8 Å². The minimum atomic E-state index is -0.270. The number of carbonyl (C=O) groups excluding carboxylic acids is 1. The summed E-state index contributed by atoms with van der Waals surface area (Å²) in [5.41, 5.74) is 3.76. The van der Waals surface area contributed by atoms with Gasteiger partial charge in [-0.1, -0.05) is 28.9 Å². The van der Waals surface area contributed by atoms with Crippen molar-refractivity contribution in [2.75, 3.05) is 5.32 Å². The largest absolute Gasteiger partial charge is 0.361 e. The molecule has 1 amide bonds. The van der Waals surface area contributed by atoms with E-state index in [4.69, 9.17) is 16.1 Å². The Balaban J connectivity index is 1.89. The highest BCUT2D eigenvalue weighted by Gasteiger charge is 2.19. The maximum absolute atomic E-state index is 12.4. The Morgan fingerprint density at radius 3 is 2.62 bits per heavy atom. The molecule has 3 rings (SSSR count). The molecule has 3 aromatic rings. The number of aryl methyl sites for hydroxylation is 4. The number of benzene rings is 1. The van der Waals surface area contributed by atoms with Crippen molar-refractivity contribution in [3.63, 3.8) is 0 Å². The lowest BCUT2D eigenvalue weighted by Crippen LogP contribution is -2.13. The molecule has 1 N–H and O–H groups in total. The second-order valence-corrected chi connectivity index (χ2v) is 7.15. The van der Waals surface area contributed by atoms with Gasteiger partial charge < -0.3 is 4.52 Å². The molecule has 124 valence electrons. The average Bonchev–Trinajstić information content (AvgIpc) is 3.04. The number of carbonyl (C=O) groups is 1. The fourth-order valence-corrected chi connectivity index (χ4v) is 3.44. The highest BCUT2D eigenvalue weighted by Crippen LogP contribution is 2.32. The molecule has 0 unspecified atom stereocenters. The van der Waals surface area contributed by atoms with Gasteiger partial charge in [0.05, 0.1) is 11.4 Å². The van der Waals surface area contributed by atoms with E-state index in [1.165, 1.54) is 11.3 Å². The summed E-state index contributed by atoms with van der Waals surface area (Å²) in [6, 6.07) is 5.82. The Morgan fingerprint density at radius 2 is 2.00 bits per heavy atom. The third kappa shape index (κ3) is 3.07. The fraction of sp³-hybridized carbons (Fsp3) is 0.235. The lowest BCUT2D eigenvalue weighted by molar-refractivity contribution is 0.102. The van der Waals surface area contributed by atoms with Gasteiger partial charge in [-0.15, -0.1) is 11.3 Å². The van der Waals surface area contributed by atoms with E-state index in [1.807, 2.05) is 32.0 Å². The zero-order valence-electron chi connectivity index (χ0n) is 13.7. The first-order valence-corrected chi connectivity index (χ1v) is 8.54. The zero-order valence-corrected chi connectivity index (χ0v) is 15.3. The average molecular weight is 362 g/mol. The zero-order chi connectivity index (χ0) is 17.4. The summed E-state index contributed by atoms with van der Waals surface area (Å²) in [6.07, 6.45) is 0. The van der Waals surface area contributed by atoms with Gasteiger partial charge in [0.1, 0.15) is 11.3 Å². The van der Waals surface area contributed by atoms with E-state index in [0.29, 0.717) is 27.2 Å². The number of aromatic nitrogens is 2. The number of thiazole rings is 1. The van der Waals surface area contributed by atoms with Gasteiger partial charge in [-0.25, -0.2) is 4.98 Å². The van der Waals surface area contributed by atoms with Crippen molar-refractivity contribution < 1.29 is 9.32 Å². The molecule has 24 heavy (non-hydrogen) atoms. The third-order valence-corrected chi connectivity index (χ3v) is 5.02. The number of nitrogens with one attached hydrogen (secondary N) is 1. The van der Waals surface area contributed by atoms with Gasteiger partial charge in [-0.05, 0) is 39.3 Å². The second-order valence-electron chi connectivity index (χ2n) is 5.54. The van der Waals surface area contributed by atoms with Crippen molar-refractivity contribution >= 4 is 34.0 Å². The fourth-order valence-electron chi connectivity index (χ4n) is 2.42. The Bertz CT molecular complexity index is 911. The van der Waals surface area contributed by atoms with Crippen LogP contribution in [-0.4, -0.2) is 16.0 Å². The van der Waals surface area contributed by atoms with Crippen LogP contribution < -0.4 is 5.32 Å². The maximum Gasteiger partial charge on any atom is 0.262 e. The minimum absolute atomic E-state index is 0.270. The van der Waals surface area contributed by atoms with Gasteiger partial charge in [-0.3, -0.25) is 10.1 Å². The first-order valence-electron chi connectivity index (χ1n) is 7.35. The van der Waals surface area contributed by atoms with E-state index in [-0.39, 0.29) is 5.91 Å². The Labute approximate surface area is 148 Å². The lowest BCUT2D eigenvalue weighted by Gasteiger charge is -2.02. The van der Waals surface area contributed by atoms with Gasteiger partial charge in [0, 0.05) is 15.5 Å². The normalized spacial score (nSPS) is 10.9. The SMILES string of the molecule is Cc1ccc(-c2nc(NC(=O)c3c(C)noc3C)sc2C)cc1Cl. The molecule has 0 spiro atoms. The van der Waals surface area contributed by atoms with Gasteiger partial charge in [-0.2, -0.15) is 0 Å². The van der Waals surface area contributed by atoms with E-state index in [2.05, 4.69) is 15.5 Å². The molecule has 0 radical (unpaired) electrons. The molecule has 1 aromatic carbocycles. The molecule has 0 atom stereocenters. The topological polar surface area (TPSA) is 68.0 Å². The van der Waals surface area contributed by atoms with Gasteiger partial charge in [0.2, 0.25) is 0 Å². The van der Waals surface area contributed by atoms with Crippen molar-refractivity contribution in [3.05, 3.63) is 50.7 Å². The van der Waals surface area contributed by atoms with Crippen LogP contribution in [0.25, 0.3) is 11.3 Å². The van der Waals surface area contributed by atoms with E-state index in [0.717, 1.165) is 21.7 Å². The summed E-state index contributed by atoms with van der Waals surface area (Å²) in [6.45, 7) is 7.36. The van der Waals surface area contributed by atoms with Crippen LogP contribution in [0.5, 0.6) is 0 Å². The summed E-state index contributed by atoms with van der Waals surface area (Å²) in [7, 11) is 0. The molecule has 7 heteroatoms. The van der Waals surface area contributed by atoms with E-state index >= 15 is 0 Å². The van der Waals surface area contributed by atoms with Crippen molar-refractivity contribution in [3.8, 4) is 11.3 Å². The molecule has 0 aliphatic carbocycles. The van der Waals surface area contributed by atoms with Crippen molar-refractivity contribution in [1.82, 2.24) is 10.1 Å². The molecule has 0 bridgehead atoms. The number of hydrogen-bond acceptors (Lipinski definition) is 5. The van der Waals surface area contributed by atoms with E-state index in [9.17, 15) is 4.79 Å². The summed E-state index contributed by atoms with van der Waals surface area (Å²) in [5, 5.41) is 7.85. The van der Waals surface area contributed by atoms with Crippen LogP contribution in [0.3, 0.4) is 0 Å². The second kappa shape index (κ2) is 6.37. The first-order chi connectivity index (χ1) is 11.4. The standard InChI is InChI=1S/C17H16ClN3O2S/c1-8-5-6-12(7-13(8)18)15-11(4)24-17(19-15)20-16(22)14-9(2)21-23-10(14)3/h5-7H,1-4H3,(H,19,20,22). The Hall–Kier alpha value is -2.18. The number of rotatable bonds is 3. The summed E-state index contributed by atoms with van der Waals surface area (Å²) < 4.78 is 5.03. The van der Waals surface area contributed by atoms with Crippen LogP contribution in [-0.2, 0) is 0 Å².